The Morgan fingerprint density at radius 2 is 1.78 bits per heavy atom. The predicted octanol–water partition coefficient (Wildman–Crippen LogP) is 4.72. The van der Waals surface area contributed by atoms with Gasteiger partial charge in [0.1, 0.15) is 16.8 Å². The SMILES string of the molecule is CCC(C)C(NC(=O)COc1ccc(Cl)cc1)C(=O)Nc1nnc(-c2ccc(C)cc2)s1. The number of hydrogen-bond acceptors (Lipinski definition) is 6. The van der Waals surface area contributed by atoms with Gasteiger partial charge in [0.15, 0.2) is 6.61 Å². The number of aryl methyl sites for hydroxylation is 1. The highest BCUT2D eigenvalue weighted by atomic mass is 35.5. The van der Waals surface area contributed by atoms with Crippen LogP contribution in [-0.4, -0.2) is 34.7 Å². The van der Waals surface area contributed by atoms with Crippen molar-refractivity contribution in [1.82, 2.24) is 15.5 Å². The van der Waals surface area contributed by atoms with E-state index >= 15 is 0 Å². The highest BCUT2D eigenvalue weighted by Gasteiger charge is 2.27. The van der Waals surface area contributed by atoms with Crippen molar-refractivity contribution in [2.24, 2.45) is 5.92 Å². The first-order valence-electron chi connectivity index (χ1n) is 10.2. The fourth-order valence-electron chi connectivity index (χ4n) is 2.87. The Morgan fingerprint density at radius 1 is 1.09 bits per heavy atom. The zero-order chi connectivity index (χ0) is 23.1. The molecule has 168 valence electrons. The summed E-state index contributed by atoms with van der Waals surface area (Å²) >= 11 is 7.13. The second kappa shape index (κ2) is 11.1. The molecule has 0 saturated carbocycles. The molecule has 7 nitrogen and oxygen atoms in total. The lowest BCUT2D eigenvalue weighted by Gasteiger charge is -2.23. The molecular formula is C23H25ClN4O3S. The average Bonchev–Trinajstić information content (AvgIpc) is 3.25. The number of aromatic nitrogens is 2. The third-order valence-corrected chi connectivity index (χ3v) is 6.09. The lowest BCUT2D eigenvalue weighted by atomic mass is 9.98. The first-order chi connectivity index (χ1) is 15.4. The summed E-state index contributed by atoms with van der Waals surface area (Å²) < 4.78 is 5.47. The zero-order valence-electron chi connectivity index (χ0n) is 18.1. The number of carbonyl (C=O) groups excluding carboxylic acids is 2. The molecule has 1 heterocycles. The Morgan fingerprint density at radius 3 is 2.44 bits per heavy atom. The molecule has 32 heavy (non-hydrogen) atoms. The van der Waals surface area contributed by atoms with Gasteiger partial charge in [-0.15, -0.1) is 10.2 Å². The molecule has 0 fully saturated rings. The van der Waals surface area contributed by atoms with Gasteiger partial charge in [-0.1, -0.05) is 73.0 Å². The first kappa shape index (κ1) is 23.7. The van der Waals surface area contributed by atoms with Gasteiger partial charge in [-0.3, -0.25) is 14.9 Å². The fourth-order valence-corrected chi connectivity index (χ4v) is 3.74. The summed E-state index contributed by atoms with van der Waals surface area (Å²) in [5.74, 6) is -0.297. The van der Waals surface area contributed by atoms with Crippen molar-refractivity contribution in [3.63, 3.8) is 0 Å². The molecule has 9 heteroatoms. The van der Waals surface area contributed by atoms with E-state index in [4.69, 9.17) is 16.3 Å². The number of carbonyl (C=O) groups is 2. The minimum atomic E-state index is -0.729. The first-order valence-corrected chi connectivity index (χ1v) is 11.4. The van der Waals surface area contributed by atoms with Crippen molar-refractivity contribution in [2.45, 2.75) is 33.2 Å². The second-order valence-corrected chi connectivity index (χ2v) is 8.85. The molecule has 3 rings (SSSR count). The highest BCUT2D eigenvalue weighted by Crippen LogP contribution is 2.27. The number of rotatable bonds is 9. The van der Waals surface area contributed by atoms with Gasteiger partial charge in [-0.2, -0.15) is 0 Å². The summed E-state index contributed by atoms with van der Waals surface area (Å²) in [6, 6.07) is 13.9. The predicted molar refractivity (Wildman–Crippen MR) is 127 cm³/mol. The van der Waals surface area contributed by atoms with Crippen LogP contribution in [0.5, 0.6) is 5.75 Å². The van der Waals surface area contributed by atoms with E-state index in [0.29, 0.717) is 27.3 Å². The molecule has 2 aromatic carbocycles. The van der Waals surface area contributed by atoms with Crippen LogP contribution in [0.15, 0.2) is 48.5 Å². The largest absolute Gasteiger partial charge is 0.484 e. The second-order valence-electron chi connectivity index (χ2n) is 7.44. The summed E-state index contributed by atoms with van der Waals surface area (Å²) in [5, 5.41) is 15.5. The number of amides is 2. The lowest BCUT2D eigenvalue weighted by Crippen LogP contribution is -2.49. The summed E-state index contributed by atoms with van der Waals surface area (Å²) in [6.45, 7) is 5.67. The Kier molecular flexibility index (Phi) is 8.19. The molecule has 0 saturated heterocycles. The van der Waals surface area contributed by atoms with Gasteiger partial charge in [0.25, 0.3) is 5.91 Å². The van der Waals surface area contributed by atoms with E-state index in [1.807, 2.05) is 45.0 Å². The Hall–Kier alpha value is -2.97. The Bertz CT molecular complexity index is 1050. The van der Waals surface area contributed by atoms with Gasteiger partial charge in [-0.25, -0.2) is 0 Å². The summed E-state index contributed by atoms with van der Waals surface area (Å²) in [7, 11) is 0. The molecule has 0 aliphatic rings. The minimum Gasteiger partial charge on any atom is -0.484 e. The molecule has 0 aliphatic heterocycles. The molecule has 2 atom stereocenters. The number of halogens is 1. The molecule has 1 aromatic heterocycles. The van der Waals surface area contributed by atoms with E-state index in [0.717, 1.165) is 11.1 Å². The summed E-state index contributed by atoms with van der Waals surface area (Å²) in [5.41, 5.74) is 2.08. The number of nitrogens with zero attached hydrogens (tertiary/aromatic N) is 2. The van der Waals surface area contributed by atoms with E-state index in [9.17, 15) is 9.59 Å². The van der Waals surface area contributed by atoms with Gasteiger partial charge in [0.2, 0.25) is 11.0 Å². The smallest absolute Gasteiger partial charge is 0.258 e. The maximum absolute atomic E-state index is 12.9. The van der Waals surface area contributed by atoms with E-state index in [2.05, 4.69) is 20.8 Å². The van der Waals surface area contributed by atoms with Crippen molar-refractivity contribution in [2.75, 3.05) is 11.9 Å². The van der Waals surface area contributed by atoms with Crippen molar-refractivity contribution in [1.29, 1.82) is 0 Å². The minimum absolute atomic E-state index is 0.0843. The molecule has 2 amide bonds. The normalized spacial score (nSPS) is 12.6. The van der Waals surface area contributed by atoms with Crippen LogP contribution in [-0.2, 0) is 9.59 Å². The maximum Gasteiger partial charge on any atom is 0.258 e. The van der Waals surface area contributed by atoms with Crippen LogP contribution < -0.4 is 15.4 Å². The zero-order valence-corrected chi connectivity index (χ0v) is 19.7. The highest BCUT2D eigenvalue weighted by molar-refractivity contribution is 7.18. The van der Waals surface area contributed by atoms with Crippen LogP contribution in [0.2, 0.25) is 5.02 Å². The summed E-state index contributed by atoms with van der Waals surface area (Å²) in [6.07, 6.45) is 0.709. The van der Waals surface area contributed by atoms with E-state index in [1.54, 1.807) is 24.3 Å². The van der Waals surface area contributed by atoms with Crippen molar-refractivity contribution in [3.8, 4) is 16.3 Å². The van der Waals surface area contributed by atoms with E-state index in [1.165, 1.54) is 11.3 Å². The molecule has 0 radical (unpaired) electrons. The average molecular weight is 473 g/mol. The molecule has 2 unspecified atom stereocenters. The molecule has 3 aromatic rings. The van der Waals surface area contributed by atoms with Gasteiger partial charge >= 0.3 is 0 Å². The van der Waals surface area contributed by atoms with Crippen molar-refractivity contribution < 1.29 is 14.3 Å². The van der Waals surface area contributed by atoms with E-state index < -0.39 is 11.9 Å². The van der Waals surface area contributed by atoms with Crippen LogP contribution in [0.1, 0.15) is 25.8 Å². The molecule has 0 bridgehead atoms. The quantitative estimate of drug-likeness (QED) is 0.470. The van der Waals surface area contributed by atoms with Crippen LogP contribution in [0, 0.1) is 12.8 Å². The standard InChI is InChI=1S/C23H25ClN4O3S/c1-4-15(3)20(25-19(29)13-31-18-11-9-17(24)10-12-18)21(30)26-23-28-27-22(32-23)16-7-5-14(2)6-8-16/h5-12,15,20H,4,13H2,1-3H3,(H,25,29)(H,26,28,30). The van der Waals surface area contributed by atoms with Crippen molar-refractivity contribution in [3.05, 3.63) is 59.1 Å². The maximum atomic E-state index is 12.9. The fraction of sp³-hybridized carbons (Fsp3) is 0.304. The van der Waals surface area contributed by atoms with Crippen LogP contribution in [0.4, 0.5) is 5.13 Å². The molecule has 0 aliphatic carbocycles. The number of nitrogens with one attached hydrogen (secondary N) is 2. The Balaban J connectivity index is 1.61. The van der Waals surface area contributed by atoms with Crippen LogP contribution in [0.25, 0.3) is 10.6 Å². The van der Waals surface area contributed by atoms with Gasteiger partial charge < -0.3 is 10.1 Å². The number of anilines is 1. The molecule has 2 N–H and O–H groups in total. The van der Waals surface area contributed by atoms with Crippen LogP contribution in [0.3, 0.4) is 0 Å². The third-order valence-electron chi connectivity index (χ3n) is 4.95. The third kappa shape index (κ3) is 6.51. The van der Waals surface area contributed by atoms with E-state index in [-0.39, 0.29) is 18.4 Å². The van der Waals surface area contributed by atoms with Crippen LogP contribution >= 0.6 is 22.9 Å². The number of hydrogen-bond donors (Lipinski definition) is 2. The molecular weight excluding hydrogens is 448 g/mol. The monoisotopic (exact) mass is 472 g/mol. The van der Waals surface area contributed by atoms with Gasteiger partial charge in [0, 0.05) is 10.6 Å². The van der Waals surface area contributed by atoms with Gasteiger partial charge in [-0.05, 0) is 37.1 Å². The Labute approximate surface area is 196 Å². The number of benzene rings is 2. The topological polar surface area (TPSA) is 93.2 Å². The summed E-state index contributed by atoms with van der Waals surface area (Å²) in [4.78, 5) is 25.3. The van der Waals surface area contributed by atoms with Crippen molar-refractivity contribution >= 4 is 39.9 Å². The van der Waals surface area contributed by atoms with Gasteiger partial charge in [0.05, 0.1) is 0 Å². The number of ether oxygens (including phenoxy) is 1. The lowest BCUT2D eigenvalue weighted by molar-refractivity contribution is -0.128. The molecule has 0 spiro atoms.